The molecule has 0 fully saturated rings. The number of rotatable bonds is 4. The van der Waals surface area contributed by atoms with Crippen molar-refractivity contribution in [2.45, 2.75) is 6.54 Å². The van der Waals surface area contributed by atoms with Gasteiger partial charge in [0.1, 0.15) is 12.3 Å². The van der Waals surface area contributed by atoms with Gasteiger partial charge < -0.3 is 9.26 Å². The van der Waals surface area contributed by atoms with Gasteiger partial charge in [0.15, 0.2) is 0 Å². The molecule has 26 heavy (non-hydrogen) atoms. The van der Waals surface area contributed by atoms with Crippen LogP contribution in [0.1, 0.15) is 5.89 Å². The molecule has 4 rings (SSSR count). The van der Waals surface area contributed by atoms with E-state index in [1.54, 1.807) is 19.2 Å². The number of hydrogen-bond acceptors (Lipinski definition) is 6. The number of hydrogen-bond donors (Lipinski definition) is 0. The lowest BCUT2D eigenvalue weighted by molar-refractivity contribution is 0.369. The van der Waals surface area contributed by atoms with E-state index in [-0.39, 0.29) is 12.1 Å². The van der Waals surface area contributed by atoms with Gasteiger partial charge >= 0.3 is 0 Å². The molecule has 0 bridgehead atoms. The van der Waals surface area contributed by atoms with Crippen LogP contribution in [-0.2, 0) is 6.54 Å². The fraction of sp³-hybridized carbons (Fsp3) is 0.111. The Hall–Kier alpha value is -3.00. The van der Waals surface area contributed by atoms with Crippen LogP contribution in [0.5, 0.6) is 5.75 Å². The zero-order valence-corrected chi connectivity index (χ0v) is 15.3. The summed E-state index contributed by atoms with van der Waals surface area (Å²) in [6.45, 7) is 0.135. The van der Waals surface area contributed by atoms with Crippen molar-refractivity contribution >= 4 is 26.8 Å². The normalized spacial score (nSPS) is 11.0. The van der Waals surface area contributed by atoms with E-state index >= 15 is 0 Å². The monoisotopic (exact) mass is 412 g/mol. The molecule has 0 saturated carbocycles. The molecule has 0 amide bonds. The Bertz CT molecular complexity index is 1150. The van der Waals surface area contributed by atoms with E-state index < -0.39 is 0 Å². The highest BCUT2D eigenvalue weighted by Crippen LogP contribution is 2.27. The Kier molecular flexibility index (Phi) is 4.26. The number of halogens is 1. The number of benzene rings is 2. The van der Waals surface area contributed by atoms with E-state index in [9.17, 15) is 4.79 Å². The van der Waals surface area contributed by atoms with Crippen LogP contribution >= 0.6 is 15.9 Å². The van der Waals surface area contributed by atoms with E-state index in [0.29, 0.717) is 28.4 Å². The van der Waals surface area contributed by atoms with Crippen LogP contribution in [0.2, 0.25) is 0 Å². The van der Waals surface area contributed by atoms with Crippen molar-refractivity contribution < 1.29 is 9.26 Å². The van der Waals surface area contributed by atoms with E-state index in [1.165, 1.54) is 10.9 Å². The predicted molar refractivity (Wildman–Crippen MR) is 99.1 cm³/mol. The Morgan fingerprint density at radius 1 is 1.23 bits per heavy atom. The maximum absolute atomic E-state index is 12.7. The Balaban J connectivity index is 1.69. The second-order valence-corrected chi connectivity index (χ2v) is 6.47. The Morgan fingerprint density at radius 2 is 2.08 bits per heavy atom. The van der Waals surface area contributed by atoms with Crippen LogP contribution in [0.3, 0.4) is 0 Å². The first-order chi connectivity index (χ1) is 12.7. The van der Waals surface area contributed by atoms with Gasteiger partial charge in [-0.15, -0.1) is 0 Å². The lowest BCUT2D eigenvalue weighted by atomic mass is 10.2. The third-order valence-corrected chi connectivity index (χ3v) is 4.40. The zero-order valence-electron chi connectivity index (χ0n) is 13.7. The summed E-state index contributed by atoms with van der Waals surface area (Å²) in [6.07, 6.45) is 1.48. The largest absolute Gasteiger partial charge is 0.496 e. The summed E-state index contributed by atoms with van der Waals surface area (Å²) in [7, 11) is 1.58. The highest BCUT2D eigenvalue weighted by atomic mass is 79.9. The highest BCUT2D eigenvalue weighted by Gasteiger charge is 2.14. The van der Waals surface area contributed by atoms with Crippen LogP contribution in [0.4, 0.5) is 0 Å². The second kappa shape index (κ2) is 6.72. The zero-order chi connectivity index (χ0) is 18.1. The Labute approximate surface area is 156 Å². The molecule has 0 radical (unpaired) electrons. The average Bonchev–Trinajstić information content (AvgIpc) is 3.13. The number of aromatic nitrogens is 4. The number of methoxy groups -OCH3 is 1. The summed E-state index contributed by atoms with van der Waals surface area (Å²) in [5.41, 5.74) is 1.18. The molecule has 2 heterocycles. The molecule has 0 aliphatic rings. The minimum absolute atomic E-state index is 0.135. The first-order valence-electron chi connectivity index (χ1n) is 7.76. The molecule has 2 aromatic carbocycles. The first-order valence-corrected chi connectivity index (χ1v) is 8.55. The van der Waals surface area contributed by atoms with Gasteiger partial charge in [0, 0.05) is 4.47 Å². The SMILES string of the molecule is COc1ccccc1-c1noc(Cn2cnc3ccc(Br)cc3c2=O)n1. The average molecular weight is 413 g/mol. The molecule has 2 aromatic heterocycles. The maximum atomic E-state index is 12.7. The van der Waals surface area contributed by atoms with Gasteiger partial charge in [-0.1, -0.05) is 33.2 Å². The molecular formula is C18H13BrN4O3. The fourth-order valence-corrected chi connectivity index (χ4v) is 3.01. The van der Waals surface area contributed by atoms with Gasteiger partial charge in [-0.25, -0.2) is 4.98 Å². The highest BCUT2D eigenvalue weighted by molar-refractivity contribution is 9.10. The van der Waals surface area contributed by atoms with Crippen LogP contribution in [0.25, 0.3) is 22.3 Å². The van der Waals surface area contributed by atoms with Crippen molar-refractivity contribution in [1.82, 2.24) is 19.7 Å². The summed E-state index contributed by atoms with van der Waals surface area (Å²) < 4.78 is 12.9. The van der Waals surface area contributed by atoms with E-state index in [4.69, 9.17) is 9.26 Å². The second-order valence-electron chi connectivity index (χ2n) is 5.55. The summed E-state index contributed by atoms with van der Waals surface area (Å²) in [4.78, 5) is 21.3. The molecule has 0 saturated heterocycles. The molecule has 7 nitrogen and oxygen atoms in total. The van der Waals surface area contributed by atoms with Gasteiger partial charge in [0.05, 0.1) is 29.9 Å². The van der Waals surface area contributed by atoms with Gasteiger partial charge in [-0.2, -0.15) is 4.98 Å². The number of nitrogens with zero attached hydrogens (tertiary/aromatic N) is 4. The van der Waals surface area contributed by atoms with Crippen molar-refractivity contribution in [2.75, 3.05) is 7.11 Å². The van der Waals surface area contributed by atoms with Crippen molar-refractivity contribution in [3.63, 3.8) is 0 Å². The van der Waals surface area contributed by atoms with Crippen molar-refractivity contribution in [2.24, 2.45) is 0 Å². The lowest BCUT2D eigenvalue weighted by Gasteiger charge is -2.04. The van der Waals surface area contributed by atoms with Gasteiger partial charge in [0.2, 0.25) is 11.7 Å². The van der Waals surface area contributed by atoms with Crippen LogP contribution < -0.4 is 10.3 Å². The van der Waals surface area contributed by atoms with Crippen molar-refractivity contribution in [3.8, 4) is 17.1 Å². The van der Waals surface area contributed by atoms with E-state index in [1.807, 2.05) is 30.3 Å². The van der Waals surface area contributed by atoms with Crippen LogP contribution in [0, 0.1) is 0 Å². The number of fused-ring (bicyclic) bond motifs is 1. The van der Waals surface area contributed by atoms with E-state index in [2.05, 4.69) is 31.1 Å². The quantitative estimate of drug-likeness (QED) is 0.511. The summed E-state index contributed by atoms with van der Waals surface area (Å²) >= 11 is 3.37. The molecule has 8 heteroatoms. The predicted octanol–water partition coefficient (Wildman–Crippen LogP) is 3.27. The molecule has 4 aromatic rings. The summed E-state index contributed by atoms with van der Waals surface area (Å²) in [6, 6.07) is 12.8. The smallest absolute Gasteiger partial charge is 0.261 e. The molecule has 0 atom stereocenters. The fourth-order valence-electron chi connectivity index (χ4n) is 2.65. The van der Waals surface area contributed by atoms with Crippen LogP contribution in [0.15, 0.2) is 62.6 Å². The minimum Gasteiger partial charge on any atom is -0.496 e. The number of ether oxygens (including phenoxy) is 1. The molecule has 130 valence electrons. The van der Waals surface area contributed by atoms with E-state index in [0.717, 1.165) is 10.0 Å². The molecule has 0 spiro atoms. The summed E-state index contributed by atoms with van der Waals surface area (Å²) in [5.74, 6) is 1.36. The van der Waals surface area contributed by atoms with Crippen molar-refractivity contribution in [1.29, 1.82) is 0 Å². The lowest BCUT2D eigenvalue weighted by Crippen LogP contribution is -2.21. The minimum atomic E-state index is -0.173. The molecule has 0 unspecified atom stereocenters. The first kappa shape index (κ1) is 16.5. The summed E-state index contributed by atoms with van der Waals surface area (Å²) in [5, 5.41) is 4.51. The molecular weight excluding hydrogens is 400 g/mol. The molecule has 0 aliphatic carbocycles. The molecule has 0 N–H and O–H groups in total. The van der Waals surface area contributed by atoms with Gasteiger partial charge in [-0.05, 0) is 30.3 Å². The third kappa shape index (κ3) is 2.99. The number of para-hydroxylation sites is 1. The van der Waals surface area contributed by atoms with Crippen LogP contribution in [-0.4, -0.2) is 26.8 Å². The molecule has 0 aliphatic heterocycles. The standard InChI is InChI=1S/C18H13BrN4O3/c1-25-15-5-3-2-4-12(15)17-21-16(26-22-17)9-23-10-20-14-7-6-11(19)8-13(14)18(23)24/h2-8,10H,9H2,1H3. The topological polar surface area (TPSA) is 83.0 Å². The van der Waals surface area contributed by atoms with Gasteiger partial charge in [0.25, 0.3) is 5.56 Å². The Morgan fingerprint density at radius 3 is 2.92 bits per heavy atom. The maximum Gasteiger partial charge on any atom is 0.261 e. The van der Waals surface area contributed by atoms with Crippen molar-refractivity contribution in [3.05, 3.63) is 69.5 Å². The third-order valence-electron chi connectivity index (χ3n) is 3.91. The van der Waals surface area contributed by atoms with Gasteiger partial charge in [-0.3, -0.25) is 9.36 Å².